The summed E-state index contributed by atoms with van der Waals surface area (Å²) in [6.45, 7) is 1.59. The van der Waals surface area contributed by atoms with Crippen LogP contribution in [0.1, 0.15) is 18.7 Å². The predicted molar refractivity (Wildman–Crippen MR) is 68.3 cm³/mol. The van der Waals surface area contributed by atoms with Gasteiger partial charge < -0.3 is 5.32 Å². The van der Waals surface area contributed by atoms with E-state index in [4.69, 9.17) is 0 Å². The van der Waals surface area contributed by atoms with E-state index >= 15 is 0 Å². The van der Waals surface area contributed by atoms with Gasteiger partial charge in [0.25, 0.3) is 0 Å². The SMILES string of the molecule is C[C@H](NC(=O)CN(C)S(C)(=O)=O)c1ccccn1. The number of carbonyl (C=O) groups is 1. The Morgan fingerprint density at radius 3 is 2.67 bits per heavy atom. The van der Waals surface area contributed by atoms with Gasteiger partial charge in [-0.3, -0.25) is 9.78 Å². The number of sulfonamides is 1. The molecule has 0 unspecified atom stereocenters. The van der Waals surface area contributed by atoms with E-state index in [2.05, 4.69) is 10.3 Å². The highest BCUT2D eigenvalue weighted by atomic mass is 32.2. The Kier molecular flexibility index (Phi) is 4.80. The number of nitrogens with zero attached hydrogens (tertiary/aromatic N) is 2. The van der Waals surface area contributed by atoms with Gasteiger partial charge in [0.15, 0.2) is 0 Å². The third-order valence-electron chi connectivity index (χ3n) is 2.44. The van der Waals surface area contributed by atoms with Gasteiger partial charge in [-0.2, -0.15) is 4.31 Å². The maximum absolute atomic E-state index is 11.6. The van der Waals surface area contributed by atoms with Crippen LogP contribution < -0.4 is 5.32 Å². The van der Waals surface area contributed by atoms with Gasteiger partial charge in [0, 0.05) is 13.2 Å². The molecule has 0 aliphatic carbocycles. The largest absolute Gasteiger partial charge is 0.347 e. The molecule has 0 aromatic carbocycles. The first-order chi connectivity index (χ1) is 8.30. The van der Waals surface area contributed by atoms with Crippen molar-refractivity contribution in [2.75, 3.05) is 19.8 Å². The molecule has 0 fully saturated rings. The van der Waals surface area contributed by atoms with Gasteiger partial charge in [0.2, 0.25) is 15.9 Å². The number of amides is 1. The lowest BCUT2D eigenvalue weighted by molar-refractivity contribution is -0.121. The Morgan fingerprint density at radius 2 is 2.17 bits per heavy atom. The lowest BCUT2D eigenvalue weighted by Gasteiger charge is -2.17. The fourth-order valence-electron chi connectivity index (χ4n) is 1.31. The number of hydrogen-bond donors (Lipinski definition) is 1. The summed E-state index contributed by atoms with van der Waals surface area (Å²) in [7, 11) is -1.98. The molecule has 1 N–H and O–H groups in total. The molecule has 0 radical (unpaired) electrons. The van der Waals surface area contributed by atoms with Crippen LogP contribution in [0.5, 0.6) is 0 Å². The van der Waals surface area contributed by atoms with Crippen LogP contribution in [0.2, 0.25) is 0 Å². The molecule has 1 heterocycles. The Labute approximate surface area is 107 Å². The number of nitrogens with one attached hydrogen (secondary N) is 1. The molecule has 0 aliphatic heterocycles. The summed E-state index contributed by atoms with van der Waals surface area (Å²) in [6.07, 6.45) is 2.70. The topological polar surface area (TPSA) is 79.4 Å². The van der Waals surface area contributed by atoms with Crippen LogP contribution in [0.25, 0.3) is 0 Å². The molecule has 100 valence electrons. The Bertz CT molecular complexity index is 502. The second-order valence-corrected chi connectivity index (χ2v) is 6.15. The molecule has 1 amide bonds. The molecule has 18 heavy (non-hydrogen) atoms. The Balaban J connectivity index is 2.56. The van der Waals surface area contributed by atoms with Crippen molar-refractivity contribution in [3.63, 3.8) is 0 Å². The minimum absolute atomic E-state index is 0.198. The summed E-state index contributed by atoms with van der Waals surface area (Å²) in [5.74, 6) is -0.360. The molecular weight excluding hydrogens is 254 g/mol. The first kappa shape index (κ1) is 14.6. The lowest BCUT2D eigenvalue weighted by atomic mass is 10.2. The van der Waals surface area contributed by atoms with Gasteiger partial charge in [-0.15, -0.1) is 0 Å². The van der Waals surface area contributed by atoms with Crippen LogP contribution >= 0.6 is 0 Å². The zero-order valence-corrected chi connectivity index (χ0v) is 11.4. The summed E-state index contributed by atoms with van der Waals surface area (Å²) >= 11 is 0. The van der Waals surface area contributed by atoms with Crippen LogP contribution in [0.4, 0.5) is 0 Å². The maximum Gasteiger partial charge on any atom is 0.235 e. The normalized spacial score (nSPS) is 13.3. The van der Waals surface area contributed by atoms with Gasteiger partial charge in [-0.25, -0.2) is 8.42 Å². The van der Waals surface area contributed by atoms with Crippen molar-refractivity contribution in [2.24, 2.45) is 0 Å². The van der Waals surface area contributed by atoms with Crippen molar-refractivity contribution in [2.45, 2.75) is 13.0 Å². The van der Waals surface area contributed by atoms with Gasteiger partial charge in [0.1, 0.15) is 0 Å². The van der Waals surface area contributed by atoms with Crippen molar-refractivity contribution in [1.29, 1.82) is 0 Å². The summed E-state index contributed by atoms with van der Waals surface area (Å²) in [5.41, 5.74) is 0.729. The number of aromatic nitrogens is 1. The summed E-state index contributed by atoms with van der Waals surface area (Å²) in [5, 5.41) is 2.69. The van der Waals surface area contributed by atoms with Gasteiger partial charge in [-0.05, 0) is 19.1 Å². The molecule has 0 saturated heterocycles. The van der Waals surface area contributed by atoms with E-state index in [1.54, 1.807) is 25.3 Å². The third kappa shape index (κ3) is 4.42. The van der Waals surface area contributed by atoms with Gasteiger partial charge >= 0.3 is 0 Å². The third-order valence-corrected chi connectivity index (χ3v) is 3.70. The lowest BCUT2D eigenvalue weighted by Crippen LogP contribution is -2.38. The van der Waals surface area contributed by atoms with E-state index < -0.39 is 10.0 Å². The number of likely N-dealkylation sites (N-methyl/N-ethyl adjacent to an activating group) is 1. The first-order valence-corrected chi connectivity index (χ1v) is 7.27. The van der Waals surface area contributed by atoms with E-state index in [0.29, 0.717) is 0 Å². The fraction of sp³-hybridized carbons (Fsp3) is 0.455. The van der Waals surface area contributed by atoms with Crippen LogP contribution in [-0.2, 0) is 14.8 Å². The summed E-state index contributed by atoms with van der Waals surface area (Å²) in [4.78, 5) is 15.8. The molecule has 7 heteroatoms. The van der Waals surface area contributed by atoms with E-state index in [1.165, 1.54) is 7.05 Å². The minimum atomic E-state index is -3.34. The monoisotopic (exact) mass is 271 g/mol. The number of hydrogen-bond acceptors (Lipinski definition) is 4. The zero-order chi connectivity index (χ0) is 13.8. The van der Waals surface area contributed by atoms with E-state index in [9.17, 15) is 13.2 Å². The molecule has 1 aromatic heterocycles. The summed E-state index contributed by atoms with van der Waals surface area (Å²) < 4.78 is 23.3. The fourth-order valence-corrected chi connectivity index (χ4v) is 1.66. The molecule has 1 aromatic rings. The number of pyridine rings is 1. The molecular formula is C11H17N3O3S. The van der Waals surface area contributed by atoms with Crippen LogP contribution in [0.3, 0.4) is 0 Å². The van der Waals surface area contributed by atoms with Gasteiger partial charge in [-0.1, -0.05) is 6.07 Å². The molecule has 0 spiro atoms. The average Bonchev–Trinajstić information content (AvgIpc) is 2.28. The number of carbonyl (C=O) groups excluding carboxylic acids is 1. The van der Waals surface area contributed by atoms with Crippen molar-refractivity contribution in [3.05, 3.63) is 30.1 Å². The standard InChI is InChI=1S/C11H17N3O3S/c1-9(10-6-4-5-7-12-10)13-11(15)8-14(2)18(3,16)17/h4-7,9H,8H2,1-3H3,(H,13,15)/t9-/m0/s1. The highest BCUT2D eigenvalue weighted by molar-refractivity contribution is 7.88. The van der Waals surface area contributed by atoms with Crippen LogP contribution in [-0.4, -0.2) is 43.5 Å². The van der Waals surface area contributed by atoms with Crippen molar-refractivity contribution >= 4 is 15.9 Å². The smallest absolute Gasteiger partial charge is 0.235 e. The molecule has 1 atom stereocenters. The highest BCUT2D eigenvalue weighted by Crippen LogP contribution is 2.07. The zero-order valence-electron chi connectivity index (χ0n) is 10.6. The highest BCUT2D eigenvalue weighted by Gasteiger charge is 2.17. The molecule has 0 aliphatic rings. The first-order valence-electron chi connectivity index (χ1n) is 5.42. The Morgan fingerprint density at radius 1 is 1.50 bits per heavy atom. The van der Waals surface area contributed by atoms with E-state index in [0.717, 1.165) is 16.3 Å². The van der Waals surface area contributed by atoms with Crippen LogP contribution in [0, 0.1) is 0 Å². The maximum atomic E-state index is 11.6. The van der Waals surface area contributed by atoms with Crippen molar-refractivity contribution in [3.8, 4) is 0 Å². The number of rotatable bonds is 5. The molecule has 0 bridgehead atoms. The van der Waals surface area contributed by atoms with Crippen molar-refractivity contribution < 1.29 is 13.2 Å². The minimum Gasteiger partial charge on any atom is -0.347 e. The molecule has 6 nitrogen and oxygen atoms in total. The van der Waals surface area contributed by atoms with E-state index in [1.807, 2.05) is 6.07 Å². The quantitative estimate of drug-likeness (QED) is 0.826. The Hall–Kier alpha value is -1.47. The van der Waals surface area contributed by atoms with Gasteiger partial charge in [0.05, 0.1) is 24.5 Å². The molecule has 1 rings (SSSR count). The van der Waals surface area contributed by atoms with Crippen molar-refractivity contribution in [1.82, 2.24) is 14.6 Å². The second-order valence-electron chi connectivity index (χ2n) is 4.06. The second kappa shape index (κ2) is 5.92. The molecule has 0 saturated carbocycles. The van der Waals surface area contributed by atoms with E-state index in [-0.39, 0.29) is 18.5 Å². The predicted octanol–water partition coefficient (Wildman–Crippen LogP) is 0.150. The van der Waals surface area contributed by atoms with Crippen LogP contribution in [0.15, 0.2) is 24.4 Å². The average molecular weight is 271 g/mol. The summed E-state index contributed by atoms with van der Waals surface area (Å²) in [6, 6.07) is 5.15.